The number of anilines is 1. The molecule has 1 N–H and O–H groups in total. The van der Waals surface area contributed by atoms with Crippen molar-refractivity contribution in [3.05, 3.63) is 75.6 Å². The number of nitro groups is 1. The number of aromatic nitrogens is 2. The van der Waals surface area contributed by atoms with E-state index in [9.17, 15) is 23.6 Å². The van der Waals surface area contributed by atoms with Gasteiger partial charge in [0.25, 0.3) is 15.7 Å². The lowest BCUT2D eigenvalue weighted by Crippen LogP contribution is -2.30. The average molecular weight is 473 g/mol. The number of rotatable bonds is 8. The van der Waals surface area contributed by atoms with Crippen LogP contribution in [0.25, 0.3) is 0 Å². The molecule has 0 saturated carbocycles. The highest BCUT2D eigenvalue weighted by Gasteiger charge is 2.35. The Bertz CT molecular complexity index is 1300. The highest BCUT2D eigenvalue weighted by molar-refractivity contribution is 7.93. The third kappa shape index (κ3) is 4.41. The third-order valence-electron chi connectivity index (χ3n) is 5.56. The number of nitro benzene ring substituents is 1. The van der Waals surface area contributed by atoms with Gasteiger partial charge in [0.2, 0.25) is 0 Å². The first kappa shape index (κ1) is 22.7. The number of fused-ring (bicyclic) bond motifs is 1. The summed E-state index contributed by atoms with van der Waals surface area (Å²) in [4.78, 5) is 10.5. The van der Waals surface area contributed by atoms with Crippen LogP contribution in [-0.4, -0.2) is 47.5 Å². The van der Waals surface area contributed by atoms with Crippen LogP contribution in [0.4, 0.5) is 11.4 Å². The SMILES string of the molecule is Cc1nn(CC(O)COc2cccc([N+](=O)[O-])c2)c(C)c1S(=O)(=O)N1CCc2ccccc21. The number of hydrogen-bond donors (Lipinski definition) is 1. The van der Waals surface area contributed by atoms with Crippen molar-refractivity contribution in [3.8, 4) is 5.75 Å². The molecule has 33 heavy (non-hydrogen) atoms. The van der Waals surface area contributed by atoms with Crippen LogP contribution >= 0.6 is 0 Å². The predicted octanol–water partition coefficient (Wildman–Crippen LogP) is 2.60. The van der Waals surface area contributed by atoms with E-state index in [0.29, 0.717) is 30.0 Å². The van der Waals surface area contributed by atoms with Crippen molar-refractivity contribution in [3.63, 3.8) is 0 Å². The van der Waals surface area contributed by atoms with E-state index < -0.39 is 21.1 Å². The van der Waals surface area contributed by atoms with E-state index in [1.807, 2.05) is 18.2 Å². The summed E-state index contributed by atoms with van der Waals surface area (Å²) in [5.41, 5.74) is 2.32. The summed E-state index contributed by atoms with van der Waals surface area (Å²) >= 11 is 0. The normalized spacial score (nSPS) is 14.2. The number of benzene rings is 2. The molecule has 0 fully saturated rings. The molecule has 0 radical (unpaired) electrons. The molecule has 1 aliphatic rings. The maximum atomic E-state index is 13.5. The highest BCUT2D eigenvalue weighted by atomic mass is 32.2. The van der Waals surface area contributed by atoms with Gasteiger partial charge in [-0.15, -0.1) is 0 Å². The number of hydrogen-bond acceptors (Lipinski definition) is 7. The van der Waals surface area contributed by atoms with Crippen molar-refractivity contribution in [2.75, 3.05) is 17.5 Å². The minimum atomic E-state index is -3.82. The fourth-order valence-electron chi connectivity index (χ4n) is 4.03. The molecular formula is C22H24N4O6S. The van der Waals surface area contributed by atoms with E-state index in [1.165, 1.54) is 27.2 Å². The van der Waals surface area contributed by atoms with Gasteiger partial charge in [-0.2, -0.15) is 5.10 Å². The second kappa shape index (κ2) is 8.83. The first-order valence-corrected chi connectivity index (χ1v) is 11.8. The molecule has 2 aromatic carbocycles. The van der Waals surface area contributed by atoms with Gasteiger partial charge in [-0.05, 0) is 38.0 Å². The first-order valence-electron chi connectivity index (χ1n) is 10.4. The molecule has 0 spiro atoms. The number of para-hydroxylation sites is 1. The summed E-state index contributed by atoms with van der Waals surface area (Å²) in [7, 11) is -3.82. The fourth-order valence-corrected chi connectivity index (χ4v) is 5.91. The van der Waals surface area contributed by atoms with Gasteiger partial charge in [-0.1, -0.05) is 24.3 Å². The molecule has 10 nitrogen and oxygen atoms in total. The molecule has 3 aromatic rings. The van der Waals surface area contributed by atoms with E-state index in [1.54, 1.807) is 26.0 Å². The zero-order valence-corrected chi connectivity index (χ0v) is 19.0. The highest BCUT2D eigenvalue weighted by Crippen LogP contribution is 2.34. The summed E-state index contributed by atoms with van der Waals surface area (Å²) in [5.74, 6) is 0.257. The van der Waals surface area contributed by atoms with Crippen LogP contribution in [0, 0.1) is 24.0 Å². The van der Waals surface area contributed by atoms with Crippen LogP contribution in [0.15, 0.2) is 53.4 Å². The Morgan fingerprint density at radius 1 is 1.21 bits per heavy atom. The van der Waals surface area contributed by atoms with Crippen LogP contribution in [0.5, 0.6) is 5.75 Å². The molecule has 1 unspecified atom stereocenters. The Morgan fingerprint density at radius 2 is 1.97 bits per heavy atom. The van der Waals surface area contributed by atoms with Crippen molar-refractivity contribution in [1.29, 1.82) is 0 Å². The summed E-state index contributed by atoms with van der Waals surface area (Å²) in [6.07, 6.45) is -0.361. The number of nitrogens with zero attached hydrogens (tertiary/aromatic N) is 4. The Kier molecular flexibility index (Phi) is 6.09. The van der Waals surface area contributed by atoms with Crippen molar-refractivity contribution in [2.24, 2.45) is 0 Å². The van der Waals surface area contributed by atoms with Gasteiger partial charge in [-0.3, -0.25) is 19.1 Å². The van der Waals surface area contributed by atoms with Crippen LogP contribution in [0.1, 0.15) is 17.0 Å². The molecule has 11 heteroatoms. The molecule has 0 bridgehead atoms. The second-order valence-electron chi connectivity index (χ2n) is 7.86. The lowest BCUT2D eigenvalue weighted by atomic mass is 10.2. The van der Waals surface area contributed by atoms with Gasteiger partial charge < -0.3 is 9.84 Å². The van der Waals surface area contributed by atoms with Crippen molar-refractivity contribution < 1.29 is 23.2 Å². The van der Waals surface area contributed by atoms with Crippen LogP contribution in [0.3, 0.4) is 0 Å². The largest absolute Gasteiger partial charge is 0.491 e. The van der Waals surface area contributed by atoms with Gasteiger partial charge in [-0.25, -0.2) is 8.42 Å². The first-order chi connectivity index (χ1) is 15.7. The van der Waals surface area contributed by atoms with E-state index in [-0.39, 0.29) is 29.5 Å². The molecule has 0 aliphatic carbocycles. The Balaban J connectivity index is 1.50. The molecule has 2 heterocycles. The lowest BCUT2D eigenvalue weighted by Gasteiger charge is -2.20. The maximum Gasteiger partial charge on any atom is 0.273 e. The molecule has 0 saturated heterocycles. The third-order valence-corrected chi connectivity index (χ3v) is 7.63. The van der Waals surface area contributed by atoms with Gasteiger partial charge in [0.1, 0.15) is 23.4 Å². The number of aliphatic hydroxyl groups excluding tert-OH is 1. The van der Waals surface area contributed by atoms with Gasteiger partial charge in [0.15, 0.2) is 0 Å². The summed E-state index contributed by atoms with van der Waals surface area (Å²) in [6.45, 7) is 3.52. The fraction of sp³-hybridized carbons (Fsp3) is 0.318. The summed E-state index contributed by atoms with van der Waals surface area (Å²) in [6, 6.07) is 13.1. The van der Waals surface area contributed by atoms with Gasteiger partial charge >= 0.3 is 0 Å². The Morgan fingerprint density at radius 3 is 2.73 bits per heavy atom. The Hall–Kier alpha value is -3.44. The zero-order chi connectivity index (χ0) is 23.8. The molecule has 1 aromatic heterocycles. The Labute approximate surface area is 191 Å². The quantitative estimate of drug-likeness (QED) is 0.394. The van der Waals surface area contributed by atoms with Gasteiger partial charge in [0, 0.05) is 12.6 Å². The molecule has 1 atom stereocenters. The van der Waals surface area contributed by atoms with Crippen LogP contribution in [-0.2, 0) is 23.0 Å². The molecule has 4 rings (SSSR count). The number of non-ortho nitro benzene ring substituents is 1. The van der Waals surface area contributed by atoms with Crippen molar-refractivity contribution >= 4 is 21.4 Å². The zero-order valence-electron chi connectivity index (χ0n) is 18.2. The number of ether oxygens (including phenoxy) is 1. The van der Waals surface area contributed by atoms with E-state index in [2.05, 4.69) is 5.10 Å². The summed E-state index contributed by atoms with van der Waals surface area (Å²) in [5, 5.41) is 25.7. The van der Waals surface area contributed by atoms with Crippen molar-refractivity contribution in [1.82, 2.24) is 9.78 Å². The molecule has 1 aliphatic heterocycles. The monoisotopic (exact) mass is 472 g/mol. The summed E-state index contributed by atoms with van der Waals surface area (Å²) < 4.78 is 35.3. The van der Waals surface area contributed by atoms with Gasteiger partial charge in [0.05, 0.1) is 34.6 Å². The smallest absolute Gasteiger partial charge is 0.273 e. The number of aliphatic hydroxyl groups is 1. The minimum absolute atomic E-state index is 0.00765. The van der Waals surface area contributed by atoms with E-state index in [0.717, 1.165) is 5.56 Å². The number of sulfonamides is 1. The molecule has 174 valence electrons. The van der Waals surface area contributed by atoms with E-state index >= 15 is 0 Å². The topological polar surface area (TPSA) is 128 Å². The van der Waals surface area contributed by atoms with Crippen LogP contribution < -0.4 is 9.04 Å². The average Bonchev–Trinajstić information content (AvgIpc) is 3.34. The standard InChI is InChI=1S/C22H24N4O6S/c1-15-22(33(30,31)25-11-10-17-6-3-4-9-21(17)25)16(2)24(23-15)13-19(27)14-32-20-8-5-7-18(12-20)26(28)29/h3-9,12,19,27H,10-11,13-14H2,1-2H3. The molecular weight excluding hydrogens is 448 g/mol. The van der Waals surface area contributed by atoms with E-state index in [4.69, 9.17) is 4.74 Å². The lowest BCUT2D eigenvalue weighted by molar-refractivity contribution is -0.384. The predicted molar refractivity (Wildman–Crippen MR) is 121 cm³/mol. The molecule has 0 amide bonds. The minimum Gasteiger partial charge on any atom is -0.491 e. The second-order valence-corrected chi connectivity index (χ2v) is 9.66. The van der Waals surface area contributed by atoms with Crippen molar-refractivity contribution in [2.45, 2.75) is 37.8 Å². The number of aryl methyl sites for hydroxylation is 1. The van der Waals surface area contributed by atoms with Crippen LogP contribution in [0.2, 0.25) is 0 Å². The maximum absolute atomic E-state index is 13.5.